The van der Waals surface area contributed by atoms with Gasteiger partial charge in [-0.3, -0.25) is 4.79 Å². The number of rotatable bonds is 9. The Labute approximate surface area is 166 Å². The summed E-state index contributed by atoms with van der Waals surface area (Å²) >= 11 is 0. The number of carbonyl (C=O) groups excluding carboxylic acids is 1. The van der Waals surface area contributed by atoms with Gasteiger partial charge >= 0.3 is 0 Å². The van der Waals surface area contributed by atoms with Crippen molar-refractivity contribution in [2.24, 2.45) is 0 Å². The van der Waals surface area contributed by atoms with Crippen LogP contribution in [-0.2, 0) is 4.79 Å². The van der Waals surface area contributed by atoms with Gasteiger partial charge in [0.1, 0.15) is 5.75 Å². The standard InChI is InChI=1S/C22H27NO5/c1-6-21(24)23-14-17(11-15-7-9-18(25-2)10-8-15)16-12-19(26-3)22(28-5)20(13-16)27-4/h7-13H,6,14H2,1-5H3,(H,23,24)/b17-11-. The SMILES string of the molecule is CCC(=O)NC/C(=C/c1ccc(OC)cc1)c1cc(OC)c(OC)c(OC)c1. The quantitative estimate of drug-likeness (QED) is 0.666. The molecule has 0 aliphatic rings. The number of benzene rings is 2. The topological polar surface area (TPSA) is 66.0 Å². The van der Waals surface area contributed by atoms with E-state index < -0.39 is 0 Å². The summed E-state index contributed by atoms with van der Waals surface area (Å²) in [7, 11) is 6.35. The zero-order valence-corrected chi connectivity index (χ0v) is 17.0. The van der Waals surface area contributed by atoms with Gasteiger partial charge in [0.2, 0.25) is 11.7 Å². The van der Waals surface area contributed by atoms with Crippen molar-refractivity contribution in [2.75, 3.05) is 35.0 Å². The molecule has 0 bridgehead atoms. The highest BCUT2D eigenvalue weighted by atomic mass is 16.5. The van der Waals surface area contributed by atoms with Crippen LogP contribution in [0.4, 0.5) is 0 Å². The van der Waals surface area contributed by atoms with Gasteiger partial charge < -0.3 is 24.3 Å². The van der Waals surface area contributed by atoms with Gasteiger partial charge in [-0.15, -0.1) is 0 Å². The van der Waals surface area contributed by atoms with Crippen molar-refractivity contribution in [3.63, 3.8) is 0 Å². The number of hydrogen-bond acceptors (Lipinski definition) is 5. The van der Waals surface area contributed by atoms with Gasteiger partial charge in [0.25, 0.3) is 0 Å². The van der Waals surface area contributed by atoms with Crippen LogP contribution in [-0.4, -0.2) is 40.9 Å². The Balaban J connectivity index is 2.50. The average molecular weight is 385 g/mol. The third kappa shape index (κ3) is 5.19. The second-order valence-corrected chi connectivity index (χ2v) is 5.99. The minimum atomic E-state index is -0.0203. The van der Waals surface area contributed by atoms with Gasteiger partial charge in [-0.2, -0.15) is 0 Å². The van der Waals surface area contributed by atoms with E-state index in [1.807, 2.05) is 49.4 Å². The van der Waals surface area contributed by atoms with Crippen LogP contribution in [0.3, 0.4) is 0 Å². The molecule has 150 valence electrons. The number of amides is 1. The van der Waals surface area contributed by atoms with Gasteiger partial charge in [0.05, 0.1) is 28.4 Å². The lowest BCUT2D eigenvalue weighted by Gasteiger charge is -2.16. The molecule has 6 nitrogen and oxygen atoms in total. The van der Waals surface area contributed by atoms with Crippen LogP contribution < -0.4 is 24.3 Å². The molecule has 1 N–H and O–H groups in total. The predicted molar refractivity (Wildman–Crippen MR) is 110 cm³/mol. The Kier molecular flexibility index (Phi) is 7.75. The van der Waals surface area contributed by atoms with E-state index in [0.717, 1.165) is 22.4 Å². The molecule has 0 saturated carbocycles. The maximum absolute atomic E-state index is 11.8. The van der Waals surface area contributed by atoms with Gasteiger partial charge in [0.15, 0.2) is 11.5 Å². The second kappa shape index (κ2) is 10.3. The van der Waals surface area contributed by atoms with E-state index in [1.54, 1.807) is 28.4 Å². The lowest BCUT2D eigenvalue weighted by atomic mass is 10.0. The molecule has 2 aromatic carbocycles. The summed E-state index contributed by atoms with van der Waals surface area (Å²) in [6.07, 6.45) is 2.43. The van der Waals surface area contributed by atoms with E-state index in [1.165, 1.54) is 0 Å². The molecule has 0 radical (unpaired) electrons. The first-order valence-electron chi connectivity index (χ1n) is 8.97. The summed E-state index contributed by atoms with van der Waals surface area (Å²) in [4.78, 5) is 11.8. The van der Waals surface area contributed by atoms with Gasteiger partial charge in [-0.25, -0.2) is 0 Å². The summed E-state index contributed by atoms with van der Waals surface area (Å²) in [5, 5.41) is 2.93. The molecule has 0 aliphatic heterocycles. The van der Waals surface area contributed by atoms with E-state index in [4.69, 9.17) is 18.9 Å². The van der Waals surface area contributed by atoms with Gasteiger partial charge in [0, 0.05) is 13.0 Å². The fraction of sp³-hybridized carbons (Fsp3) is 0.318. The third-order valence-electron chi connectivity index (χ3n) is 4.29. The monoisotopic (exact) mass is 385 g/mol. The number of methoxy groups -OCH3 is 4. The van der Waals surface area contributed by atoms with E-state index >= 15 is 0 Å². The Bertz CT molecular complexity index is 802. The molecule has 0 saturated heterocycles. The van der Waals surface area contributed by atoms with Gasteiger partial charge in [-0.05, 0) is 47.0 Å². The lowest BCUT2D eigenvalue weighted by molar-refractivity contribution is -0.120. The summed E-state index contributed by atoms with van der Waals surface area (Å²) < 4.78 is 21.5. The fourth-order valence-corrected chi connectivity index (χ4v) is 2.72. The van der Waals surface area contributed by atoms with Crippen LogP contribution in [0.15, 0.2) is 36.4 Å². The van der Waals surface area contributed by atoms with Crippen molar-refractivity contribution in [2.45, 2.75) is 13.3 Å². The molecule has 0 heterocycles. The Hall–Kier alpha value is -3.15. The Morgan fingerprint density at radius 1 is 0.929 bits per heavy atom. The van der Waals surface area contributed by atoms with Crippen molar-refractivity contribution in [1.82, 2.24) is 5.32 Å². The number of ether oxygens (including phenoxy) is 4. The first-order valence-corrected chi connectivity index (χ1v) is 8.97. The van der Waals surface area contributed by atoms with Gasteiger partial charge in [-0.1, -0.05) is 19.1 Å². The predicted octanol–water partition coefficient (Wildman–Crippen LogP) is 3.79. The van der Waals surface area contributed by atoms with Crippen molar-refractivity contribution in [3.05, 3.63) is 47.5 Å². The average Bonchev–Trinajstić information content (AvgIpc) is 2.75. The maximum atomic E-state index is 11.8. The molecule has 1 amide bonds. The molecule has 0 fully saturated rings. The molecule has 0 aromatic heterocycles. The molecule has 0 aliphatic carbocycles. The number of hydrogen-bond donors (Lipinski definition) is 1. The third-order valence-corrected chi connectivity index (χ3v) is 4.29. The summed E-state index contributed by atoms with van der Waals surface area (Å²) in [5.41, 5.74) is 2.75. The fourth-order valence-electron chi connectivity index (χ4n) is 2.72. The molecule has 0 spiro atoms. The van der Waals surface area contributed by atoms with Crippen molar-refractivity contribution in [3.8, 4) is 23.0 Å². The van der Waals surface area contributed by atoms with Crippen LogP contribution in [0.5, 0.6) is 23.0 Å². The second-order valence-electron chi connectivity index (χ2n) is 5.99. The van der Waals surface area contributed by atoms with Crippen molar-refractivity contribution >= 4 is 17.6 Å². The zero-order valence-electron chi connectivity index (χ0n) is 17.0. The normalized spacial score (nSPS) is 11.0. The lowest BCUT2D eigenvalue weighted by Crippen LogP contribution is -2.24. The zero-order chi connectivity index (χ0) is 20.5. The summed E-state index contributed by atoms with van der Waals surface area (Å²) in [6, 6.07) is 11.4. The number of nitrogens with one attached hydrogen (secondary N) is 1. The maximum Gasteiger partial charge on any atom is 0.219 e. The molecule has 6 heteroatoms. The summed E-state index contributed by atoms with van der Waals surface area (Å²) in [6.45, 7) is 2.19. The molecular weight excluding hydrogens is 358 g/mol. The molecule has 0 unspecified atom stereocenters. The minimum absolute atomic E-state index is 0.0203. The largest absolute Gasteiger partial charge is 0.497 e. The Morgan fingerprint density at radius 2 is 1.54 bits per heavy atom. The van der Waals surface area contributed by atoms with Crippen molar-refractivity contribution in [1.29, 1.82) is 0 Å². The van der Waals surface area contributed by atoms with E-state index in [0.29, 0.717) is 30.2 Å². The molecule has 0 atom stereocenters. The first-order chi connectivity index (χ1) is 13.6. The smallest absolute Gasteiger partial charge is 0.219 e. The van der Waals surface area contributed by atoms with Crippen LogP contribution in [0.1, 0.15) is 24.5 Å². The highest BCUT2D eigenvalue weighted by Crippen LogP contribution is 2.40. The van der Waals surface area contributed by atoms with Crippen LogP contribution >= 0.6 is 0 Å². The molecule has 2 aromatic rings. The van der Waals surface area contributed by atoms with Crippen molar-refractivity contribution < 1.29 is 23.7 Å². The van der Waals surface area contributed by atoms with Crippen LogP contribution in [0.25, 0.3) is 11.6 Å². The minimum Gasteiger partial charge on any atom is -0.497 e. The highest BCUT2D eigenvalue weighted by Gasteiger charge is 2.15. The van der Waals surface area contributed by atoms with E-state index in [2.05, 4.69) is 5.32 Å². The molecular formula is C22H27NO5. The van der Waals surface area contributed by atoms with E-state index in [-0.39, 0.29) is 5.91 Å². The molecule has 2 rings (SSSR count). The summed E-state index contributed by atoms with van der Waals surface area (Å²) in [5.74, 6) is 2.40. The molecule has 28 heavy (non-hydrogen) atoms. The first kappa shape index (κ1) is 21.2. The van der Waals surface area contributed by atoms with Crippen LogP contribution in [0, 0.1) is 0 Å². The number of carbonyl (C=O) groups is 1. The highest BCUT2D eigenvalue weighted by molar-refractivity contribution is 5.87. The Morgan fingerprint density at radius 3 is 2.00 bits per heavy atom. The van der Waals surface area contributed by atoms with Crippen LogP contribution in [0.2, 0.25) is 0 Å². The van der Waals surface area contributed by atoms with E-state index in [9.17, 15) is 4.79 Å².